The van der Waals surface area contributed by atoms with E-state index in [1.54, 1.807) is 6.26 Å². The van der Waals surface area contributed by atoms with Crippen molar-refractivity contribution in [3.05, 3.63) is 24.2 Å². The van der Waals surface area contributed by atoms with Crippen LogP contribution in [-0.2, 0) is 0 Å². The van der Waals surface area contributed by atoms with Gasteiger partial charge in [-0.2, -0.15) is 0 Å². The van der Waals surface area contributed by atoms with Crippen molar-refractivity contribution in [1.82, 2.24) is 20.4 Å². The summed E-state index contributed by atoms with van der Waals surface area (Å²) < 4.78 is 5.71. The number of aliphatic imine (C=N–C) groups is 1. The molecule has 2 rings (SSSR count). The summed E-state index contributed by atoms with van der Waals surface area (Å²) in [5, 5.41) is 7.05. The van der Waals surface area contributed by atoms with Crippen molar-refractivity contribution in [2.45, 2.75) is 58.5 Å². The first-order chi connectivity index (χ1) is 13.2. The Labute approximate surface area is 165 Å². The third kappa shape index (κ3) is 7.18. The lowest BCUT2D eigenvalue weighted by Gasteiger charge is -2.27. The average molecular weight is 378 g/mol. The fourth-order valence-corrected chi connectivity index (χ4v) is 3.80. The van der Waals surface area contributed by atoms with Gasteiger partial charge in [0.2, 0.25) is 0 Å². The van der Waals surface area contributed by atoms with E-state index < -0.39 is 0 Å². The van der Waals surface area contributed by atoms with Crippen LogP contribution >= 0.6 is 0 Å². The average Bonchev–Trinajstić information content (AvgIpc) is 3.39. The van der Waals surface area contributed by atoms with E-state index in [-0.39, 0.29) is 6.04 Å². The molecule has 6 heteroatoms. The smallest absolute Gasteiger partial charge is 0.191 e. The van der Waals surface area contributed by atoms with Gasteiger partial charge < -0.3 is 20.0 Å². The van der Waals surface area contributed by atoms with Gasteiger partial charge in [0.1, 0.15) is 5.76 Å². The SMILES string of the molecule is CCN(CC)CCCC(C)NC(=NC)NCC(c1ccco1)N1CCCC1. The van der Waals surface area contributed by atoms with E-state index in [4.69, 9.17) is 4.42 Å². The molecular formula is C21H39N5O. The molecule has 2 N–H and O–H groups in total. The number of hydrogen-bond acceptors (Lipinski definition) is 4. The summed E-state index contributed by atoms with van der Waals surface area (Å²) in [7, 11) is 1.84. The normalized spacial score (nSPS) is 18.0. The molecule has 1 aliphatic heterocycles. The lowest BCUT2D eigenvalue weighted by molar-refractivity contribution is 0.215. The first-order valence-corrected chi connectivity index (χ1v) is 10.6. The second kappa shape index (κ2) is 12.0. The van der Waals surface area contributed by atoms with Gasteiger partial charge in [-0.25, -0.2) is 0 Å². The number of nitrogens with one attached hydrogen (secondary N) is 2. The maximum absolute atomic E-state index is 5.71. The van der Waals surface area contributed by atoms with Crippen molar-refractivity contribution >= 4 is 5.96 Å². The van der Waals surface area contributed by atoms with Crippen LogP contribution in [0.25, 0.3) is 0 Å². The van der Waals surface area contributed by atoms with Gasteiger partial charge in [0.05, 0.1) is 12.3 Å². The van der Waals surface area contributed by atoms with E-state index in [0.717, 1.165) is 50.9 Å². The van der Waals surface area contributed by atoms with Gasteiger partial charge in [-0.1, -0.05) is 13.8 Å². The maximum atomic E-state index is 5.71. The summed E-state index contributed by atoms with van der Waals surface area (Å²) in [5.74, 6) is 1.91. The highest BCUT2D eigenvalue weighted by Crippen LogP contribution is 2.24. The van der Waals surface area contributed by atoms with Crippen molar-refractivity contribution in [2.75, 3.05) is 46.3 Å². The summed E-state index contributed by atoms with van der Waals surface area (Å²) in [5.41, 5.74) is 0. The summed E-state index contributed by atoms with van der Waals surface area (Å²) in [6, 6.07) is 4.72. The number of guanidine groups is 1. The minimum atomic E-state index is 0.263. The van der Waals surface area contributed by atoms with Gasteiger partial charge in [0, 0.05) is 19.6 Å². The van der Waals surface area contributed by atoms with E-state index in [1.165, 1.54) is 25.8 Å². The van der Waals surface area contributed by atoms with Crippen LogP contribution in [0.3, 0.4) is 0 Å². The molecule has 2 heterocycles. The molecule has 1 aliphatic rings. The van der Waals surface area contributed by atoms with Crippen LogP contribution in [0.5, 0.6) is 0 Å². The Morgan fingerprint density at radius 3 is 2.63 bits per heavy atom. The first-order valence-electron chi connectivity index (χ1n) is 10.6. The van der Waals surface area contributed by atoms with Gasteiger partial charge in [-0.05, 0) is 77.5 Å². The van der Waals surface area contributed by atoms with E-state index in [9.17, 15) is 0 Å². The highest BCUT2D eigenvalue weighted by atomic mass is 16.3. The molecule has 0 radical (unpaired) electrons. The molecule has 0 aliphatic carbocycles. The third-order valence-electron chi connectivity index (χ3n) is 5.53. The van der Waals surface area contributed by atoms with E-state index in [0.29, 0.717) is 6.04 Å². The molecule has 1 aromatic heterocycles. The van der Waals surface area contributed by atoms with Crippen molar-refractivity contribution in [1.29, 1.82) is 0 Å². The zero-order valence-electron chi connectivity index (χ0n) is 17.7. The first kappa shape index (κ1) is 21.8. The van der Waals surface area contributed by atoms with Crippen LogP contribution < -0.4 is 10.6 Å². The largest absolute Gasteiger partial charge is 0.468 e. The van der Waals surface area contributed by atoms with Gasteiger partial charge in [0.25, 0.3) is 0 Å². The van der Waals surface area contributed by atoms with Crippen molar-refractivity contribution in [3.8, 4) is 0 Å². The number of rotatable bonds is 11. The highest BCUT2D eigenvalue weighted by molar-refractivity contribution is 5.79. The van der Waals surface area contributed by atoms with Gasteiger partial charge in [-0.15, -0.1) is 0 Å². The van der Waals surface area contributed by atoms with Gasteiger partial charge in [-0.3, -0.25) is 9.89 Å². The quantitative estimate of drug-likeness (QED) is 0.458. The molecular weight excluding hydrogens is 338 g/mol. The van der Waals surface area contributed by atoms with Crippen molar-refractivity contribution in [2.24, 2.45) is 4.99 Å². The Kier molecular flexibility index (Phi) is 9.70. The lowest BCUT2D eigenvalue weighted by atomic mass is 10.1. The Morgan fingerprint density at radius 2 is 2.04 bits per heavy atom. The molecule has 0 bridgehead atoms. The maximum Gasteiger partial charge on any atom is 0.191 e. The Hall–Kier alpha value is -1.53. The molecule has 1 fully saturated rings. The van der Waals surface area contributed by atoms with Crippen molar-refractivity contribution < 1.29 is 4.42 Å². The van der Waals surface area contributed by atoms with Crippen LogP contribution in [0.1, 0.15) is 58.3 Å². The summed E-state index contributed by atoms with van der Waals surface area (Å²) in [4.78, 5) is 9.40. The summed E-state index contributed by atoms with van der Waals surface area (Å²) in [6.07, 6.45) is 6.66. The van der Waals surface area contributed by atoms with Crippen LogP contribution in [0.4, 0.5) is 0 Å². The summed E-state index contributed by atoms with van der Waals surface area (Å²) in [6.45, 7) is 13.2. The fourth-order valence-electron chi connectivity index (χ4n) is 3.80. The van der Waals surface area contributed by atoms with E-state index >= 15 is 0 Å². The molecule has 2 atom stereocenters. The van der Waals surface area contributed by atoms with Gasteiger partial charge in [0.15, 0.2) is 5.96 Å². The second-order valence-corrected chi connectivity index (χ2v) is 7.44. The zero-order chi connectivity index (χ0) is 19.5. The van der Waals surface area contributed by atoms with Crippen LogP contribution in [0, 0.1) is 0 Å². The molecule has 0 saturated carbocycles. The predicted octanol–water partition coefficient (Wildman–Crippen LogP) is 3.09. The molecule has 0 spiro atoms. The summed E-state index contributed by atoms with van der Waals surface area (Å²) >= 11 is 0. The molecule has 0 aromatic carbocycles. The zero-order valence-corrected chi connectivity index (χ0v) is 17.7. The minimum absolute atomic E-state index is 0.263. The molecule has 0 amide bonds. The molecule has 6 nitrogen and oxygen atoms in total. The molecule has 1 aromatic rings. The number of furan rings is 1. The molecule has 154 valence electrons. The van der Waals surface area contributed by atoms with Crippen molar-refractivity contribution in [3.63, 3.8) is 0 Å². The predicted molar refractivity (Wildman–Crippen MR) is 113 cm³/mol. The lowest BCUT2D eigenvalue weighted by Crippen LogP contribution is -2.45. The van der Waals surface area contributed by atoms with E-state index in [1.807, 2.05) is 13.1 Å². The molecule has 27 heavy (non-hydrogen) atoms. The molecule has 2 unspecified atom stereocenters. The Balaban J connectivity index is 1.79. The minimum Gasteiger partial charge on any atom is -0.468 e. The topological polar surface area (TPSA) is 56.0 Å². The van der Waals surface area contributed by atoms with Crippen LogP contribution in [0.15, 0.2) is 27.8 Å². The number of nitrogens with zero attached hydrogens (tertiary/aromatic N) is 3. The second-order valence-electron chi connectivity index (χ2n) is 7.44. The van der Waals surface area contributed by atoms with Crippen LogP contribution in [-0.4, -0.2) is 68.1 Å². The molecule has 1 saturated heterocycles. The standard InChI is InChI=1S/C21H39N5O/c1-5-25(6-2)13-9-11-18(3)24-21(22-4)23-17-19(20-12-10-16-27-20)26-14-7-8-15-26/h10,12,16,18-19H,5-9,11,13-15,17H2,1-4H3,(H2,22,23,24). The third-order valence-corrected chi connectivity index (χ3v) is 5.53. The van der Waals surface area contributed by atoms with Crippen LogP contribution in [0.2, 0.25) is 0 Å². The Bertz CT molecular complexity index is 521. The number of likely N-dealkylation sites (tertiary alicyclic amines) is 1. The monoisotopic (exact) mass is 377 g/mol. The van der Waals surface area contributed by atoms with E-state index in [2.05, 4.69) is 52.3 Å². The van der Waals surface area contributed by atoms with Gasteiger partial charge >= 0.3 is 0 Å². The fraction of sp³-hybridized carbons (Fsp3) is 0.762. The number of hydrogen-bond donors (Lipinski definition) is 2. The highest BCUT2D eigenvalue weighted by Gasteiger charge is 2.25. The Morgan fingerprint density at radius 1 is 1.30 bits per heavy atom.